The molecule has 0 aromatic heterocycles. The molecule has 0 saturated heterocycles. The summed E-state index contributed by atoms with van der Waals surface area (Å²) in [6.45, 7) is 2.51. The van der Waals surface area contributed by atoms with Crippen molar-refractivity contribution in [3.63, 3.8) is 0 Å². The number of hydrogen-bond donors (Lipinski definition) is 2. The van der Waals surface area contributed by atoms with Gasteiger partial charge in [-0.05, 0) is 24.5 Å². The van der Waals surface area contributed by atoms with Gasteiger partial charge in [0.25, 0.3) is 0 Å². The van der Waals surface area contributed by atoms with Crippen molar-refractivity contribution >= 4 is 17.4 Å². The summed E-state index contributed by atoms with van der Waals surface area (Å²) in [5, 5.41) is 11.7. The third-order valence-corrected chi connectivity index (χ3v) is 3.33. The van der Waals surface area contributed by atoms with Crippen LogP contribution in [-0.2, 0) is 11.2 Å². The Hall–Kier alpha value is -2.04. The van der Waals surface area contributed by atoms with Crippen LogP contribution in [0.15, 0.2) is 29.4 Å². The Balaban J connectivity index is 2.26. The molecule has 3 N–H and O–H groups in total. The summed E-state index contributed by atoms with van der Waals surface area (Å²) in [4.78, 5) is 14.1. The molecule has 0 bridgehead atoms. The topological polar surface area (TPSA) is 78.9 Å². The molecule has 1 unspecified atom stereocenters. The van der Waals surface area contributed by atoms with Gasteiger partial charge in [0.15, 0.2) is 5.84 Å². The lowest BCUT2D eigenvalue weighted by Crippen LogP contribution is -2.41. The third kappa shape index (κ3) is 2.03. The van der Waals surface area contributed by atoms with E-state index >= 15 is 0 Å². The molecule has 1 aromatic carbocycles. The molecule has 2 rings (SSSR count). The standard InChI is InChI=1S/C13H17N3O2/c1-2-10(12(14)15-18)13(17)16-8-7-9-5-3-4-6-11(9)16/h3-6,10,18H,2,7-8H2,1H3,(H2,14,15). The number of fused-ring (bicyclic) bond motifs is 1. The Bertz CT molecular complexity index is 485. The van der Waals surface area contributed by atoms with Crippen LogP contribution in [-0.4, -0.2) is 23.5 Å². The van der Waals surface area contributed by atoms with Gasteiger partial charge in [0.05, 0.1) is 5.92 Å². The lowest BCUT2D eigenvalue weighted by Gasteiger charge is -2.22. The fraction of sp³-hybridized carbons (Fsp3) is 0.385. The second kappa shape index (κ2) is 5.08. The molecule has 1 atom stereocenters. The molecule has 0 fully saturated rings. The molecule has 0 saturated carbocycles. The quantitative estimate of drug-likeness (QED) is 0.366. The van der Waals surface area contributed by atoms with Crippen LogP contribution in [0.5, 0.6) is 0 Å². The molecule has 1 aliphatic heterocycles. The number of carbonyl (C=O) groups is 1. The van der Waals surface area contributed by atoms with Gasteiger partial charge in [0, 0.05) is 12.2 Å². The molecule has 0 radical (unpaired) electrons. The van der Waals surface area contributed by atoms with Crippen molar-refractivity contribution in [2.75, 3.05) is 11.4 Å². The Kier molecular flexibility index (Phi) is 3.50. The van der Waals surface area contributed by atoms with Crippen LogP contribution in [0.4, 0.5) is 5.69 Å². The first-order chi connectivity index (χ1) is 8.69. The number of rotatable bonds is 3. The highest BCUT2D eigenvalue weighted by Crippen LogP contribution is 2.29. The van der Waals surface area contributed by atoms with Crippen LogP contribution in [0, 0.1) is 5.92 Å². The number of carbonyl (C=O) groups excluding carboxylic acids is 1. The Labute approximate surface area is 106 Å². The van der Waals surface area contributed by atoms with E-state index < -0.39 is 5.92 Å². The number of nitrogens with two attached hydrogens (primary N) is 1. The highest BCUT2D eigenvalue weighted by atomic mass is 16.4. The highest BCUT2D eigenvalue weighted by Gasteiger charge is 2.31. The van der Waals surface area contributed by atoms with Crippen LogP contribution in [0.1, 0.15) is 18.9 Å². The molecular weight excluding hydrogens is 230 g/mol. The smallest absolute Gasteiger partial charge is 0.237 e. The summed E-state index contributed by atoms with van der Waals surface area (Å²) in [5.74, 6) is -0.675. The maximum absolute atomic E-state index is 12.4. The van der Waals surface area contributed by atoms with Gasteiger partial charge in [0.1, 0.15) is 0 Å². The fourth-order valence-electron chi connectivity index (χ4n) is 2.34. The van der Waals surface area contributed by atoms with Gasteiger partial charge < -0.3 is 15.8 Å². The monoisotopic (exact) mass is 247 g/mol. The van der Waals surface area contributed by atoms with E-state index in [1.807, 2.05) is 31.2 Å². The van der Waals surface area contributed by atoms with Gasteiger partial charge in [-0.25, -0.2) is 0 Å². The van der Waals surface area contributed by atoms with E-state index in [1.54, 1.807) is 4.90 Å². The first-order valence-electron chi connectivity index (χ1n) is 6.05. The van der Waals surface area contributed by atoms with Crippen molar-refractivity contribution in [2.45, 2.75) is 19.8 Å². The Morgan fingerprint density at radius 1 is 1.56 bits per heavy atom. The van der Waals surface area contributed by atoms with E-state index in [2.05, 4.69) is 5.16 Å². The number of oxime groups is 1. The van der Waals surface area contributed by atoms with Gasteiger partial charge in [-0.3, -0.25) is 4.79 Å². The maximum Gasteiger partial charge on any atom is 0.237 e. The summed E-state index contributed by atoms with van der Waals surface area (Å²) in [7, 11) is 0. The van der Waals surface area contributed by atoms with Crippen LogP contribution in [0.3, 0.4) is 0 Å². The summed E-state index contributed by atoms with van der Waals surface area (Å²) in [6.07, 6.45) is 1.38. The summed E-state index contributed by atoms with van der Waals surface area (Å²) in [6, 6.07) is 7.83. The van der Waals surface area contributed by atoms with E-state index in [-0.39, 0.29) is 11.7 Å². The van der Waals surface area contributed by atoms with Gasteiger partial charge in [0.2, 0.25) is 5.91 Å². The number of anilines is 1. The normalized spacial score (nSPS) is 16.5. The van der Waals surface area contributed by atoms with E-state index in [9.17, 15) is 4.79 Å². The van der Waals surface area contributed by atoms with Crippen molar-refractivity contribution in [2.24, 2.45) is 16.8 Å². The zero-order chi connectivity index (χ0) is 13.1. The molecule has 1 aromatic rings. The second-order valence-corrected chi connectivity index (χ2v) is 4.35. The molecular formula is C13H17N3O2. The molecule has 96 valence electrons. The van der Waals surface area contributed by atoms with E-state index in [1.165, 1.54) is 5.56 Å². The SMILES string of the molecule is CCC(C(=O)N1CCc2ccccc21)C(N)=NO. The van der Waals surface area contributed by atoms with Gasteiger partial charge in [-0.15, -0.1) is 0 Å². The molecule has 0 aliphatic carbocycles. The molecule has 5 nitrogen and oxygen atoms in total. The number of amides is 1. The number of amidine groups is 1. The highest BCUT2D eigenvalue weighted by molar-refractivity contribution is 6.09. The first kappa shape index (κ1) is 12.4. The van der Waals surface area contributed by atoms with E-state index in [4.69, 9.17) is 10.9 Å². The van der Waals surface area contributed by atoms with Gasteiger partial charge in [-0.1, -0.05) is 30.3 Å². The number of hydrogen-bond acceptors (Lipinski definition) is 3. The molecule has 1 heterocycles. The summed E-state index contributed by atoms with van der Waals surface area (Å²) >= 11 is 0. The Morgan fingerprint density at radius 2 is 2.28 bits per heavy atom. The van der Waals surface area contributed by atoms with Crippen LogP contribution in [0.25, 0.3) is 0 Å². The zero-order valence-corrected chi connectivity index (χ0v) is 10.3. The van der Waals surface area contributed by atoms with Gasteiger partial charge in [-0.2, -0.15) is 0 Å². The zero-order valence-electron chi connectivity index (χ0n) is 10.3. The fourth-order valence-corrected chi connectivity index (χ4v) is 2.34. The van der Waals surface area contributed by atoms with E-state index in [0.717, 1.165) is 12.1 Å². The Morgan fingerprint density at radius 3 is 2.94 bits per heavy atom. The molecule has 1 amide bonds. The number of nitrogens with zero attached hydrogens (tertiary/aromatic N) is 2. The molecule has 0 spiro atoms. The third-order valence-electron chi connectivity index (χ3n) is 3.33. The van der Waals surface area contributed by atoms with Crippen molar-refractivity contribution in [1.82, 2.24) is 0 Å². The largest absolute Gasteiger partial charge is 0.409 e. The van der Waals surface area contributed by atoms with Crippen molar-refractivity contribution < 1.29 is 10.0 Å². The predicted molar refractivity (Wildman–Crippen MR) is 69.7 cm³/mol. The number of para-hydroxylation sites is 1. The van der Waals surface area contributed by atoms with Crippen molar-refractivity contribution in [3.8, 4) is 0 Å². The minimum Gasteiger partial charge on any atom is -0.409 e. The molecule has 1 aliphatic rings. The average molecular weight is 247 g/mol. The van der Waals surface area contributed by atoms with Crippen LogP contribution < -0.4 is 10.6 Å². The van der Waals surface area contributed by atoms with Crippen LogP contribution in [0.2, 0.25) is 0 Å². The van der Waals surface area contributed by atoms with E-state index in [0.29, 0.717) is 13.0 Å². The van der Waals surface area contributed by atoms with Crippen molar-refractivity contribution in [3.05, 3.63) is 29.8 Å². The summed E-state index contributed by atoms with van der Waals surface area (Å²) in [5.41, 5.74) is 7.67. The maximum atomic E-state index is 12.4. The summed E-state index contributed by atoms with van der Waals surface area (Å²) < 4.78 is 0. The number of benzene rings is 1. The molecule has 18 heavy (non-hydrogen) atoms. The lowest BCUT2D eigenvalue weighted by atomic mass is 10.0. The second-order valence-electron chi connectivity index (χ2n) is 4.35. The average Bonchev–Trinajstić information content (AvgIpc) is 2.82. The predicted octanol–water partition coefficient (Wildman–Crippen LogP) is 1.35. The van der Waals surface area contributed by atoms with Crippen molar-refractivity contribution in [1.29, 1.82) is 0 Å². The van der Waals surface area contributed by atoms with Gasteiger partial charge >= 0.3 is 0 Å². The minimum absolute atomic E-state index is 0.0214. The minimum atomic E-state index is -0.554. The lowest BCUT2D eigenvalue weighted by molar-refractivity contribution is -0.120. The van der Waals surface area contributed by atoms with Crippen LogP contribution >= 0.6 is 0 Å². The molecule has 5 heteroatoms. The first-order valence-corrected chi connectivity index (χ1v) is 6.05.